The fraction of sp³-hybridized carbons (Fsp3) is 0.467. The van der Waals surface area contributed by atoms with E-state index in [0.717, 1.165) is 42.7 Å². The molecule has 0 bridgehead atoms. The van der Waals surface area contributed by atoms with Crippen LogP contribution >= 0.6 is 0 Å². The number of hydrogen-bond acceptors (Lipinski definition) is 4. The van der Waals surface area contributed by atoms with Crippen molar-refractivity contribution in [3.63, 3.8) is 0 Å². The predicted molar refractivity (Wildman–Crippen MR) is 80.9 cm³/mol. The van der Waals surface area contributed by atoms with Gasteiger partial charge in [0.1, 0.15) is 5.82 Å². The highest BCUT2D eigenvalue weighted by Crippen LogP contribution is 2.18. The molecule has 0 radical (unpaired) electrons. The van der Waals surface area contributed by atoms with Gasteiger partial charge in [0.25, 0.3) is 5.91 Å². The van der Waals surface area contributed by atoms with Crippen molar-refractivity contribution < 1.29 is 10.0 Å². The molecule has 6 nitrogen and oxygen atoms in total. The molecule has 21 heavy (non-hydrogen) atoms. The van der Waals surface area contributed by atoms with Crippen LogP contribution in [0.2, 0.25) is 0 Å². The molecule has 1 atom stereocenters. The SMILES string of the molecule is CCCCCn1c(C[C@H](N)C(=O)NO)nc2ccccc21. The van der Waals surface area contributed by atoms with E-state index in [0.29, 0.717) is 6.42 Å². The molecule has 1 aromatic heterocycles. The number of aryl methyl sites for hydroxylation is 1. The van der Waals surface area contributed by atoms with E-state index in [9.17, 15) is 4.79 Å². The number of benzene rings is 1. The van der Waals surface area contributed by atoms with E-state index in [-0.39, 0.29) is 0 Å². The minimum absolute atomic E-state index is 0.299. The number of unbranched alkanes of at least 4 members (excludes halogenated alkanes) is 2. The van der Waals surface area contributed by atoms with E-state index in [2.05, 4.69) is 16.5 Å². The van der Waals surface area contributed by atoms with Crippen LogP contribution in [-0.4, -0.2) is 26.7 Å². The molecule has 114 valence electrons. The lowest BCUT2D eigenvalue weighted by molar-refractivity contribution is -0.130. The molecule has 0 saturated heterocycles. The molecule has 6 heteroatoms. The van der Waals surface area contributed by atoms with E-state index >= 15 is 0 Å². The fourth-order valence-electron chi connectivity index (χ4n) is 2.42. The van der Waals surface area contributed by atoms with Crippen LogP contribution in [0.25, 0.3) is 11.0 Å². The van der Waals surface area contributed by atoms with Crippen molar-refractivity contribution in [1.29, 1.82) is 0 Å². The van der Waals surface area contributed by atoms with Gasteiger partial charge in [0.2, 0.25) is 0 Å². The van der Waals surface area contributed by atoms with Crippen molar-refractivity contribution in [1.82, 2.24) is 15.0 Å². The van der Waals surface area contributed by atoms with Crippen molar-refractivity contribution in [2.75, 3.05) is 0 Å². The first-order valence-electron chi connectivity index (χ1n) is 7.31. The summed E-state index contributed by atoms with van der Waals surface area (Å²) in [7, 11) is 0. The van der Waals surface area contributed by atoms with E-state index < -0.39 is 11.9 Å². The van der Waals surface area contributed by atoms with Crippen LogP contribution in [0.4, 0.5) is 0 Å². The molecular formula is C15H22N4O2. The van der Waals surface area contributed by atoms with E-state index in [1.807, 2.05) is 24.3 Å². The quantitative estimate of drug-likeness (QED) is 0.410. The Hall–Kier alpha value is -1.92. The number of imidazole rings is 1. The van der Waals surface area contributed by atoms with Crippen LogP contribution in [0.5, 0.6) is 0 Å². The summed E-state index contributed by atoms with van der Waals surface area (Å²) in [6, 6.07) is 7.08. The lowest BCUT2D eigenvalue weighted by Gasteiger charge is -2.12. The van der Waals surface area contributed by atoms with Gasteiger partial charge in [0.05, 0.1) is 17.1 Å². The number of nitrogens with one attached hydrogen (secondary N) is 1. The number of amides is 1. The molecule has 0 aliphatic carbocycles. The fourth-order valence-corrected chi connectivity index (χ4v) is 2.42. The number of para-hydroxylation sites is 2. The number of hydrogen-bond donors (Lipinski definition) is 3. The first-order valence-corrected chi connectivity index (χ1v) is 7.31. The van der Waals surface area contributed by atoms with Gasteiger partial charge < -0.3 is 10.3 Å². The maximum absolute atomic E-state index is 11.4. The van der Waals surface area contributed by atoms with Crippen LogP contribution < -0.4 is 11.2 Å². The van der Waals surface area contributed by atoms with Gasteiger partial charge in [-0.2, -0.15) is 0 Å². The first-order chi connectivity index (χ1) is 10.2. The number of hydroxylamine groups is 1. The van der Waals surface area contributed by atoms with Crippen LogP contribution in [0, 0.1) is 0 Å². The number of rotatable bonds is 7. The van der Waals surface area contributed by atoms with E-state index in [1.54, 1.807) is 5.48 Å². The molecule has 0 aliphatic heterocycles. The minimum Gasteiger partial charge on any atom is -0.328 e. The standard InChI is InChI=1S/C15H22N4O2/c1-2-3-6-9-19-13-8-5-4-7-12(13)17-14(19)10-11(16)15(20)18-21/h4-5,7-8,11,21H,2-3,6,9-10,16H2,1H3,(H,18,20)/t11-/m0/s1. The summed E-state index contributed by atoms with van der Waals surface area (Å²) in [5.74, 6) is 0.186. The Kier molecular flexibility index (Phi) is 5.30. The smallest absolute Gasteiger partial charge is 0.260 e. The number of aromatic nitrogens is 2. The lowest BCUT2D eigenvalue weighted by Crippen LogP contribution is -2.41. The third kappa shape index (κ3) is 3.59. The second-order valence-electron chi connectivity index (χ2n) is 5.16. The summed E-state index contributed by atoms with van der Waals surface area (Å²) >= 11 is 0. The topological polar surface area (TPSA) is 93.2 Å². The number of carbonyl (C=O) groups is 1. The summed E-state index contributed by atoms with van der Waals surface area (Å²) in [5, 5.41) is 8.66. The van der Waals surface area contributed by atoms with Crippen LogP contribution in [0.3, 0.4) is 0 Å². The maximum Gasteiger partial charge on any atom is 0.260 e. The number of nitrogens with two attached hydrogens (primary N) is 1. The van der Waals surface area contributed by atoms with Gasteiger partial charge in [-0.1, -0.05) is 31.9 Å². The minimum atomic E-state index is -0.809. The maximum atomic E-state index is 11.4. The van der Waals surface area contributed by atoms with Gasteiger partial charge in [0, 0.05) is 13.0 Å². The zero-order chi connectivity index (χ0) is 15.2. The molecule has 1 heterocycles. The largest absolute Gasteiger partial charge is 0.328 e. The summed E-state index contributed by atoms with van der Waals surface area (Å²) in [6.45, 7) is 3.02. The predicted octanol–water partition coefficient (Wildman–Crippen LogP) is 1.60. The molecule has 0 spiro atoms. The van der Waals surface area contributed by atoms with Gasteiger partial charge >= 0.3 is 0 Å². The highest BCUT2D eigenvalue weighted by molar-refractivity contribution is 5.81. The molecular weight excluding hydrogens is 268 g/mol. The van der Waals surface area contributed by atoms with E-state index in [4.69, 9.17) is 10.9 Å². The van der Waals surface area contributed by atoms with Crippen molar-refractivity contribution in [2.45, 2.75) is 45.2 Å². The Morgan fingerprint density at radius 3 is 2.90 bits per heavy atom. The second-order valence-corrected chi connectivity index (χ2v) is 5.16. The second kappa shape index (κ2) is 7.19. The summed E-state index contributed by atoms with van der Waals surface area (Å²) in [4.78, 5) is 15.9. The molecule has 1 aromatic carbocycles. The molecule has 0 unspecified atom stereocenters. The first kappa shape index (κ1) is 15.5. The van der Waals surface area contributed by atoms with Crippen molar-refractivity contribution >= 4 is 16.9 Å². The van der Waals surface area contributed by atoms with Crippen LogP contribution in [0.1, 0.15) is 32.0 Å². The Balaban J connectivity index is 2.27. The highest BCUT2D eigenvalue weighted by atomic mass is 16.5. The van der Waals surface area contributed by atoms with Crippen LogP contribution in [0.15, 0.2) is 24.3 Å². The normalized spacial score (nSPS) is 12.5. The molecule has 2 rings (SSSR count). The summed E-state index contributed by atoms with van der Waals surface area (Å²) in [6.07, 6.45) is 3.65. The number of nitrogens with zero attached hydrogens (tertiary/aromatic N) is 2. The molecule has 0 fully saturated rings. The van der Waals surface area contributed by atoms with Crippen molar-refractivity contribution in [3.8, 4) is 0 Å². The Morgan fingerprint density at radius 1 is 1.43 bits per heavy atom. The molecule has 0 saturated carbocycles. The van der Waals surface area contributed by atoms with Crippen molar-refractivity contribution in [3.05, 3.63) is 30.1 Å². The third-order valence-corrected chi connectivity index (χ3v) is 3.57. The Morgan fingerprint density at radius 2 is 2.19 bits per heavy atom. The monoisotopic (exact) mass is 290 g/mol. The zero-order valence-electron chi connectivity index (χ0n) is 12.2. The van der Waals surface area contributed by atoms with Gasteiger partial charge in [-0.3, -0.25) is 10.0 Å². The zero-order valence-corrected chi connectivity index (χ0v) is 12.2. The molecule has 1 amide bonds. The van der Waals surface area contributed by atoms with Crippen LogP contribution in [-0.2, 0) is 17.8 Å². The average Bonchev–Trinajstić information content (AvgIpc) is 2.84. The van der Waals surface area contributed by atoms with Crippen molar-refractivity contribution in [2.24, 2.45) is 5.73 Å². The third-order valence-electron chi connectivity index (χ3n) is 3.57. The Labute approximate surface area is 123 Å². The average molecular weight is 290 g/mol. The van der Waals surface area contributed by atoms with E-state index in [1.165, 1.54) is 0 Å². The Bertz CT molecular complexity index is 609. The summed E-state index contributed by atoms with van der Waals surface area (Å²) in [5.41, 5.74) is 9.33. The van der Waals surface area contributed by atoms with Gasteiger partial charge in [-0.15, -0.1) is 0 Å². The highest BCUT2D eigenvalue weighted by Gasteiger charge is 2.18. The lowest BCUT2D eigenvalue weighted by atomic mass is 10.2. The molecule has 2 aromatic rings. The number of carbonyl (C=O) groups excluding carboxylic acids is 1. The van der Waals surface area contributed by atoms with Gasteiger partial charge in [-0.25, -0.2) is 10.5 Å². The molecule has 4 N–H and O–H groups in total. The molecule has 0 aliphatic rings. The summed E-state index contributed by atoms with van der Waals surface area (Å²) < 4.78 is 2.12. The van der Waals surface area contributed by atoms with Gasteiger partial charge in [-0.05, 0) is 18.6 Å². The van der Waals surface area contributed by atoms with Gasteiger partial charge in [0.15, 0.2) is 0 Å². The number of fused-ring (bicyclic) bond motifs is 1.